The van der Waals surface area contributed by atoms with Gasteiger partial charge in [-0.3, -0.25) is 4.79 Å². The molecule has 0 atom stereocenters. The van der Waals surface area contributed by atoms with Crippen LogP contribution in [0.25, 0.3) is 0 Å². The van der Waals surface area contributed by atoms with Crippen LogP contribution >= 0.6 is 22.9 Å². The number of carbonyl (C=O) groups excluding carboxylic acids is 1. The number of hydrogen-bond donors (Lipinski definition) is 1. The van der Waals surface area contributed by atoms with Crippen LogP contribution in [0.3, 0.4) is 0 Å². The highest BCUT2D eigenvalue weighted by Crippen LogP contribution is 2.30. The summed E-state index contributed by atoms with van der Waals surface area (Å²) in [6, 6.07) is 3.05. The molecule has 116 valence electrons. The smallest absolute Gasteiger partial charge is 0.286 e. The lowest BCUT2D eigenvalue weighted by atomic mass is 10.1. The van der Waals surface area contributed by atoms with Crippen molar-refractivity contribution in [3.63, 3.8) is 0 Å². The van der Waals surface area contributed by atoms with Crippen LogP contribution in [0, 0.1) is 0 Å². The van der Waals surface area contributed by atoms with Crippen molar-refractivity contribution < 1.29 is 13.2 Å². The largest absolute Gasteiger partial charge is 0.363 e. The first-order valence-corrected chi connectivity index (χ1v) is 8.91. The third-order valence-corrected chi connectivity index (χ3v) is 6.81. The first-order valence-electron chi connectivity index (χ1n) is 6.28. The van der Waals surface area contributed by atoms with E-state index < -0.39 is 15.9 Å². The molecule has 0 saturated carbocycles. The lowest BCUT2D eigenvalue weighted by Crippen LogP contribution is -2.36. The minimum absolute atomic E-state index is 0.0555. The number of hydrogen-bond acceptors (Lipinski definition) is 6. The Morgan fingerprint density at radius 3 is 2.82 bits per heavy atom. The van der Waals surface area contributed by atoms with Crippen LogP contribution in [0.2, 0.25) is 4.34 Å². The summed E-state index contributed by atoms with van der Waals surface area (Å²) < 4.78 is 27.1. The van der Waals surface area contributed by atoms with Gasteiger partial charge in [-0.15, -0.1) is 11.3 Å². The molecule has 0 aliphatic carbocycles. The topological polar surface area (TPSA) is 106 Å². The van der Waals surface area contributed by atoms with Gasteiger partial charge in [-0.25, -0.2) is 18.4 Å². The van der Waals surface area contributed by atoms with E-state index >= 15 is 0 Å². The van der Waals surface area contributed by atoms with Gasteiger partial charge < -0.3 is 5.73 Å². The Kier molecular flexibility index (Phi) is 3.89. The standard InChI is InChI=1S/C12H11ClN4O3S2/c13-9-1-2-10(21-9)22(19,20)17-4-3-8-7(6-17)5-15-12(16-8)11(14)18/h1-2,5H,3-4,6H2,(H2,14,18). The van der Waals surface area contributed by atoms with Crippen LogP contribution in [-0.2, 0) is 23.0 Å². The fourth-order valence-corrected chi connectivity index (χ4v) is 5.23. The van der Waals surface area contributed by atoms with Gasteiger partial charge in [0.1, 0.15) is 4.21 Å². The Morgan fingerprint density at radius 2 is 2.18 bits per heavy atom. The summed E-state index contributed by atoms with van der Waals surface area (Å²) in [7, 11) is -3.59. The minimum atomic E-state index is -3.59. The minimum Gasteiger partial charge on any atom is -0.363 e. The molecule has 1 amide bonds. The number of sulfonamides is 1. The van der Waals surface area contributed by atoms with Gasteiger partial charge in [0.15, 0.2) is 0 Å². The molecule has 1 aliphatic rings. The second-order valence-corrected chi connectivity index (χ2v) is 8.56. The summed E-state index contributed by atoms with van der Waals surface area (Å²) >= 11 is 6.82. The summed E-state index contributed by atoms with van der Waals surface area (Å²) in [6.45, 7) is 0.437. The molecule has 22 heavy (non-hydrogen) atoms. The van der Waals surface area contributed by atoms with Crippen molar-refractivity contribution in [1.82, 2.24) is 14.3 Å². The number of amides is 1. The summed E-state index contributed by atoms with van der Waals surface area (Å²) in [6.07, 6.45) is 1.85. The first kappa shape index (κ1) is 15.3. The zero-order valence-corrected chi connectivity index (χ0v) is 13.6. The summed E-state index contributed by atoms with van der Waals surface area (Å²) in [4.78, 5) is 19.0. The van der Waals surface area contributed by atoms with Crippen LogP contribution in [0.5, 0.6) is 0 Å². The number of carbonyl (C=O) groups is 1. The number of aromatic nitrogens is 2. The number of halogens is 1. The average Bonchev–Trinajstić information content (AvgIpc) is 2.93. The summed E-state index contributed by atoms with van der Waals surface area (Å²) in [5, 5.41) is 0. The fourth-order valence-electron chi connectivity index (χ4n) is 2.18. The second-order valence-electron chi connectivity index (χ2n) is 4.68. The van der Waals surface area contributed by atoms with Crippen molar-refractivity contribution >= 4 is 38.9 Å². The van der Waals surface area contributed by atoms with Crippen LogP contribution in [0.4, 0.5) is 0 Å². The lowest BCUT2D eigenvalue weighted by Gasteiger charge is -2.26. The van der Waals surface area contributed by atoms with E-state index in [-0.39, 0.29) is 23.1 Å². The third kappa shape index (κ3) is 2.72. The Hall–Kier alpha value is -1.55. The molecule has 0 radical (unpaired) electrons. The molecule has 0 bridgehead atoms. The molecule has 0 spiro atoms. The number of nitrogens with two attached hydrogens (primary N) is 1. The van der Waals surface area contributed by atoms with Crippen molar-refractivity contribution in [2.24, 2.45) is 5.73 Å². The number of thiophene rings is 1. The molecule has 10 heteroatoms. The predicted octanol–water partition coefficient (Wildman–Crippen LogP) is 1.04. The Morgan fingerprint density at radius 1 is 1.41 bits per heavy atom. The summed E-state index contributed by atoms with van der Waals surface area (Å²) in [5.74, 6) is -0.758. The quantitative estimate of drug-likeness (QED) is 0.882. The molecule has 0 saturated heterocycles. The van der Waals surface area contributed by atoms with Crippen molar-refractivity contribution in [3.8, 4) is 0 Å². The molecular weight excluding hydrogens is 348 g/mol. The van der Waals surface area contributed by atoms with E-state index in [9.17, 15) is 13.2 Å². The average molecular weight is 359 g/mol. The number of rotatable bonds is 3. The van der Waals surface area contributed by atoms with Crippen molar-refractivity contribution in [2.75, 3.05) is 6.54 Å². The van der Waals surface area contributed by atoms with Gasteiger partial charge in [-0.05, 0) is 12.1 Å². The van der Waals surface area contributed by atoms with Crippen LogP contribution in [0.15, 0.2) is 22.5 Å². The van der Waals surface area contributed by atoms with E-state index in [1.807, 2.05) is 0 Å². The van der Waals surface area contributed by atoms with E-state index in [1.165, 1.54) is 16.6 Å². The maximum Gasteiger partial charge on any atom is 0.286 e. The predicted molar refractivity (Wildman–Crippen MR) is 81.2 cm³/mol. The zero-order valence-electron chi connectivity index (χ0n) is 11.2. The Bertz CT molecular complexity index is 850. The highest BCUT2D eigenvalue weighted by molar-refractivity contribution is 7.91. The monoisotopic (exact) mass is 358 g/mol. The third-order valence-electron chi connectivity index (χ3n) is 3.26. The molecule has 0 aromatic carbocycles. The maximum atomic E-state index is 12.5. The van der Waals surface area contributed by atoms with E-state index in [0.717, 1.165) is 11.3 Å². The normalized spacial score (nSPS) is 15.5. The van der Waals surface area contributed by atoms with Gasteiger partial charge in [0.2, 0.25) is 5.82 Å². The second kappa shape index (κ2) is 5.58. The molecular formula is C12H11ClN4O3S2. The van der Waals surface area contributed by atoms with E-state index in [2.05, 4.69) is 9.97 Å². The van der Waals surface area contributed by atoms with E-state index in [1.54, 1.807) is 6.07 Å². The van der Waals surface area contributed by atoms with E-state index in [4.69, 9.17) is 17.3 Å². The van der Waals surface area contributed by atoms with E-state index in [0.29, 0.717) is 22.0 Å². The molecule has 1 aliphatic heterocycles. The lowest BCUT2D eigenvalue weighted by molar-refractivity contribution is 0.0989. The highest BCUT2D eigenvalue weighted by Gasteiger charge is 2.30. The van der Waals surface area contributed by atoms with Crippen molar-refractivity contribution in [1.29, 1.82) is 0 Å². The van der Waals surface area contributed by atoms with Crippen LogP contribution in [-0.4, -0.2) is 35.1 Å². The fraction of sp³-hybridized carbons (Fsp3) is 0.250. The maximum absolute atomic E-state index is 12.5. The molecule has 3 heterocycles. The molecule has 2 N–H and O–H groups in total. The Balaban J connectivity index is 1.90. The number of primary amides is 1. The Labute approximate surface area is 135 Å². The number of fused-ring (bicyclic) bond motifs is 1. The van der Waals surface area contributed by atoms with Crippen molar-refractivity contribution in [3.05, 3.63) is 39.7 Å². The molecule has 0 fully saturated rings. The highest BCUT2D eigenvalue weighted by atomic mass is 35.5. The summed E-state index contributed by atoms with van der Waals surface area (Å²) in [5.41, 5.74) is 6.46. The first-order chi connectivity index (χ1) is 10.4. The SMILES string of the molecule is NC(=O)c1ncc2c(n1)CCN(S(=O)(=O)c1ccc(Cl)s1)C2. The molecule has 3 rings (SSSR count). The molecule has 7 nitrogen and oxygen atoms in total. The van der Waals surface area contributed by atoms with Gasteiger partial charge in [0.25, 0.3) is 15.9 Å². The number of nitrogens with zero attached hydrogens (tertiary/aromatic N) is 3. The zero-order chi connectivity index (χ0) is 15.9. The van der Waals surface area contributed by atoms with Crippen LogP contribution in [0.1, 0.15) is 21.9 Å². The molecule has 2 aromatic rings. The van der Waals surface area contributed by atoms with Crippen LogP contribution < -0.4 is 5.73 Å². The van der Waals surface area contributed by atoms with Gasteiger partial charge in [-0.1, -0.05) is 11.6 Å². The van der Waals surface area contributed by atoms with Gasteiger partial charge >= 0.3 is 0 Å². The van der Waals surface area contributed by atoms with Gasteiger partial charge in [0, 0.05) is 31.3 Å². The molecule has 2 aromatic heterocycles. The molecule has 0 unspecified atom stereocenters. The van der Waals surface area contributed by atoms with Gasteiger partial charge in [0.05, 0.1) is 10.0 Å². The van der Waals surface area contributed by atoms with Gasteiger partial charge in [-0.2, -0.15) is 4.31 Å². The van der Waals surface area contributed by atoms with Crippen molar-refractivity contribution in [2.45, 2.75) is 17.2 Å².